The molecule has 0 aromatic rings. The summed E-state index contributed by atoms with van der Waals surface area (Å²) in [7, 11) is 0. The van der Waals surface area contributed by atoms with Gasteiger partial charge in [0.1, 0.15) is 0 Å². The molecule has 0 unspecified atom stereocenters. The molecule has 0 saturated carbocycles. The predicted molar refractivity (Wildman–Crippen MR) is 23.4 cm³/mol. The first-order valence-electron chi connectivity index (χ1n) is 1.84. The van der Waals surface area contributed by atoms with Crippen LogP contribution in [-0.2, 0) is 0 Å². The molecule has 0 spiro atoms. The van der Waals surface area contributed by atoms with E-state index in [1.54, 1.807) is 0 Å². The van der Waals surface area contributed by atoms with Crippen LogP contribution in [0.15, 0.2) is 0 Å². The van der Waals surface area contributed by atoms with Gasteiger partial charge < -0.3 is 56.0 Å². The van der Waals surface area contributed by atoms with Crippen LogP contribution < -0.4 is 30.6 Å². The zero-order valence-electron chi connectivity index (χ0n) is 6.81. The second kappa shape index (κ2) is 36.2. The molecule has 0 atom stereocenters. The predicted octanol–water partition coefficient (Wildman–Crippen LogP) is -8.99. The van der Waals surface area contributed by atoms with Crippen LogP contribution in [0.25, 0.3) is 0 Å². The monoisotopic (exact) mass is 544 g/mol. The average molecular weight is 541 g/mol. The first-order chi connectivity index (χ1) is 5.20. The van der Waals surface area contributed by atoms with Gasteiger partial charge in [-0.3, -0.25) is 0 Å². The van der Waals surface area contributed by atoms with Crippen molar-refractivity contribution in [3.8, 4) is 0 Å². The second-order valence-corrected chi connectivity index (χ2v) is 0.750. The summed E-state index contributed by atoms with van der Waals surface area (Å²) >= 11 is 0. The standard InChI is InChI=1S/3CH2O3.2Dy.2H2O/c3*2-1(3)4;;;;/h3*(H2,2,3,4);;;2*1H2/q;;;2*+3;;/p-6. The molecule has 0 aromatic carbocycles. The molecule has 0 rings (SSSR count). The molecule has 0 amide bonds. The van der Waals surface area contributed by atoms with Crippen molar-refractivity contribution >= 4 is 18.5 Å². The maximum atomic E-state index is 8.33. The van der Waals surface area contributed by atoms with Crippen molar-refractivity contribution in [2.24, 2.45) is 0 Å². The van der Waals surface area contributed by atoms with Gasteiger partial charge in [-0.25, -0.2) is 0 Å². The van der Waals surface area contributed by atoms with E-state index in [4.69, 9.17) is 45.0 Å². The minimum atomic E-state index is -2.33. The quantitative estimate of drug-likeness (QED) is 0.282. The minimum absolute atomic E-state index is 0. The van der Waals surface area contributed by atoms with Crippen LogP contribution in [0.4, 0.5) is 14.4 Å². The Labute approximate surface area is 149 Å². The fraction of sp³-hybridized carbons (Fsp3) is 0. The Kier molecular flexibility index (Phi) is 99.8. The molecule has 0 fully saturated rings. The molecule has 13 heteroatoms. The third-order valence-corrected chi connectivity index (χ3v) is 0. The van der Waals surface area contributed by atoms with Crippen LogP contribution in [0.5, 0.6) is 0 Å². The van der Waals surface area contributed by atoms with Crippen molar-refractivity contribution in [1.82, 2.24) is 0 Å². The number of hydrogen-bond acceptors (Lipinski definition) is 9. The van der Waals surface area contributed by atoms with Gasteiger partial charge in [0.2, 0.25) is 0 Å². The molecule has 0 saturated heterocycles. The molecule has 0 aliphatic rings. The Bertz CT molecular complexity index is 117. The first kappa shape index (κ1) is 44.1. The fourth-order valence-electron chi connectivity index (χ4n) is 0. The molecule has 16 heavy (non-hydrogen) atoms. The molecular weight excluding hydrogens is 537 g/mol. The van der Waals surface area contributed by atoms with Gasteiger partial charge in [0.05, 0.1) is 0 Å². The second-order valence-electron chi connectivity index (χ2n) is 0.750. The van der Waals surface area contributed by atoms with E-state index in [1.165, 1.54) is 0 Å². The average Bonchev–Trinajstić information content (AvgIpc) is 1.54. The van der Waals surface area contributed by atoms with E-state index in [9.17, 15) is 0 Å². The Balaban J connectivity index is -0.0000000135. The largest absolute Gasteiger partial charge is 3.00 e. The van der Waals surface area contributed by atoms with Crippen molar-refractivity contribution in [2.45, 2.75) is 0 Å². The maximum absolute atomic E-state index is 8.33. The summed E-state index contributed by atoms with van der Waals surface area (Å²) in [4.78, 5) is 25.0. The summed E-state index contributed by atoms with van der Waals surface area (Å²) in [6.07, 6.45) is -7.00. The molecule has 4 N–H and O–H groups in total. The van der Waals surface area contributed by atoms with Gasteiger partial charge in [0, 0.05) is 0 Å². The zero-order chi connectivity index (χ0) is 10.7. The van der Waals surface area contributed by atoms with E-state index in [1.807, 2.05) is 0 Å². The summed E-state index contributed by atoms with van der Waals surface area (Å²) in [5.41, 5.74) is 0. The summed E-state index contributed by atoms with van der Waals surface area (Å²) in [5.74, 6) is 0. The summed E-state index contributed by atoms with van der Waals surface area (Å²) in [6.45, 7) is 0. The Morgan fingerprint density at radius 3 is 0.500 bits per heavy atom. The third kappa shape index (κ3) is 33200. The fourth-order valence-corrected chi connectivity index (χ4v) is 0. The molecule has 2 radical (unpaired) electrons. The third-order valence-electron chi connectivity index (χ3n) is 0. The van der Waals surface area contributed by atoms with E-state index in [-0.39, 0.29) is 87.3 Å². The van der Waals surface area contributed by atoms with Crippen LogP contribution in [0.1, 0.15) is 0 Å². The zero-order valence-corrected chi connectivity index (χ0v) is 10.9. The number of rotatable bonds is 0. The van der Waals surface area contributed by atoms with Crippen LogP contribution in [0.3, 0.4) is 0 Å². The normalized spacial score (nSPS) is 4.50. The van der Waals surface area contributed by atoms with E-state index in [2.05, 4.69) is 0 Å². The van der Waals surface area contributed by atoms with Gasteiger partial charge in [-0.05, 0) is 18.5 Å². The molecule has 0 aromatic heterocycles. The molecule has 0 aliphatic carbocycles. The summed E-state index contributed by atoms with van der Waals surface area (Å²) < 4.78 is 0. The van der Waals surface area contributed by atoms with Crippen LogP contribution in [-0.4, -0.2) is 29.4 Å². The van der Waals surface area contributed by atoms with Crippen molar-refractivity contribution in [3.05, 3.63) is 0 Å². The van der Waals surface area contributed by atoms with Gasteiger partial charge in [0.25, 0.3) is 0 Å². The van der Waals surface area contributed by atoms with Crippen molar-refractivity contribution in [2.75, 3.05) is 0 Å². The number of carboxylic acid groups (broad SMARTS) is 6. The van der Waals surface area contributed by atoms with Crippen LogP contribution in [0.2, 0.25) is 0 Å². The van der Waals surface area contributed by atoms with Gasteiger partial charge in [-0.1, -0.05) is 0 Å². The van der Waals surface area contributed by atoms with Gasteiger partial charge in [-0.15, -0.1) is 0 Å². The molecular formula is C3H4Dy2O11. The van der Waals surface area contributed by atoms with Crippen LogP contribution >= 0.6 is 0 Å². The molecule has 0 aliphatic heterocycles. The number of hydrogen-bond donors (Lipinski definition) is 0. The topological polar surface area (TPSA) is 253 Å². The Morgan fingerprint density at radius 1 is 0.500 bits per heavy atom. The number of carbonyl (C=O) groups excluding carboxylic acids is 3. The summed E-state index contributed by atoms with van der Waals surface area (Å²) in [5, 5.41) is 50.0. The Hall–Kier alpha value is 0.275. The molecule has 0 heterocycles. The van der Waals surface area contributed by atoms with Crippen LogP contribution in [0, 0.1) is 76.3 Å². The van der Waals surface area contributed by atoms with E-state index in [0.29, 0.717) is 0 Å². The molecule has 102 valence electrons. The first-order valence-corrected chi connectivity index (χ1v) is 1.84. The van der Waals surface area contributed by atoms with Crippen molar-refractivity contribution in [1.29, 1.82) is 0 Å². The Morgan fingerprint density at radius 2 is 0.500 bits per heavy atom. The van der Waals surface area contributed by atoms with Gasteiger partial charge in [0.15, 0.2) is 0 Å². The van der Waals surface area contributed by atoms with Gasteiger partial charge in [-0.2, -0.15) is 0 Å². The van der Waals surface area contributed by atoms with E-state index in [0.717, 1.165) is 0 Å². The van der Waals surface area contributed by atoms with Gasteiger partial charge >= 0.3 is 76.3 Å². The number of carbonyl (C=O) groups is 3. The van der Waals surface area contributed by atoms with E-state index >= 15 is 0 Å². The van der Waals surface area contributed by atoms with Crippen molar-refractivity contribution < 1.29 is 132 Å². The molecule has 0 bridgehead atoms. The van der Waals surface area contributed by atoms with E-state index < -0.39 is 18.5 Å². The maximum Gasteiger partial charge on any atom is 3.00 e. The SMILES string of the molecule is O.O.O=C([O-])[O-].O=C([O-])[O-].O=C([O-])[O-].[Dy+3].[Dy+3]. The summed E-state index contributed by atoms with van der Waals surface area (Å²) in [6, 6.07) is 0. The molecule has 11 nitrogen and oxygen atoms in total. The van der Waals surface area contributed by atoms with Crippen molar-refractivity contribution in [3.63, 3.8) is 0 Å². The smallest absolute Gasteiger partial charge is 0.652 e. The minimum Gasteiger partial charge on any atom is -0.652 e.